The number of nitrogens with zero attached hydrogens (tertiary/aromatic N) is 1. The summed E-state index contributed by atoms with van der Waals surface area (Å²) in [6, 6.07) is -0.729. The van der Waals surface area contributed by atoms with E-state index < -0.39 is 19.7 Å². The zero-order valence-electron chi connectivity index (χ0n) is 8.54. The van der Waals surface area contributed by atoms with Crippen LogP contribution in [-0.2, 0) is 15.8 Å². The van der Waals surface area contributed by atoms with Crippen molar-refractivity contribution in [2.75, 3.05) is 7.05 Å². The van der Waals surface area contributed by atoms with Gasteiger partial charge in [-0.3, -0.25) is 9.88 Å². The Morgan fingerprint density at radius 2 is 2.38 bits per heavy atom. The van der Waals surface area contributed by atoms with Gasteiger partial charge < -0.3 is 20.1 Å². The van der Waals surface area contributed by atoms with Gasteiger partial charge in [-0.05, 0) is 7.05 Å². The molecule has 90 valence electrons. The van der Waals surface area contributed by atoms with Crippen molar-refractivity contribution >= 4 is 13.7 Å². The summed E-state index contributed by atoms with van der Waals surface area (Å²) < 4.78 is 10.6. The van der Waals surface area contributed by atoms with E-state index in [1.807, 2.05) is 0 Å². The van der Waals surface area contributed by atoms with Crippen LogP contribution in [0.5, 0.6) is 0 Å². The number of aromatic amines is 1. The number of carbonyl (C=O) groups excluding carboxylic acids is 1. The molecule has 0 aliphatic rings. The Morgan fingerprint density at radius 3 is 2.81 bits per heavy atom. The summed E-state index contributed by atoms with van der Waals surface area (Å²) in [5, 5.41) is 4.27. The van der Waals surface area contributed by atoms with Crippen LogP contribution in [0.4, 0.5) is 0 Å². The normalized spacial score (nSPS) is 13.4. The number of hydrogen-bond donors (Lipinski definition) is 5. The second-order valence-corrected chi connectivity index (χ2v) is 4.45. The number of H-pyrrole nitrogens is 1. The first kappa shape index (κ1) is 12.9. The van der Waals surface area contributed by atoms with Crippen LogP contribution in [0.1, 0.15) is 5.69 Å². The molecule has 0 aliphatic heterocycles. The Balaban J connectivity index is 2.61. The third kappa shape index (κ3) is 4.11. The fraction of sp³-hybridized carbons (Fsp3) is 0.429. The number of likely N-dealkylation sites (N-methyl/N-ethyl adjacent to an activating group) is 1. The number of aromatic nitrogens is 2. The van der Waals surface area contributed by atoms with Crippen molar-refractivity contribution in [3.05, 3.63) is 18.2 Å². The molecule has 8 nitrogen and oxygen atoms in total. The van der Waals surface area contributed by atoms with Crippen LogP contribution >= 0.6 is 7.75 Å². The standard InChI is InChI=1S/C7H13N4O4P/c1-8-6(2-5-3-9-4-10-5)7(12)11-16(13,14)15/h3-4,6,8H,2H2,1H3,(H,9,10)(H3,11,12,13,14,15). The summed E-state index contributed by atoms with van der Waals surface area (Å²) >= 11 is 0. The van der Waals surface area contributed by atoms with E-state index >= 15 is 0 Å². The van der Waals surface area contributed by atoms with Gasteiger partial charge in [-0.2, -0.15) is 0 Å². The molecular weight excluding hydrogens is 235 g/mol. The van der Waals surface area contributed by atoms with Crippen molar-refractivity contribution < 1.29 is 19.1 Å². The zero-order chi connectivity index (χ0) is 12.2. The van der Waals surface area contributed by atoms with Crippen LogP contribution in [0.2, 0.25) is 0 Å². The minimum atomic E-state index is -4.54. The molecule has 1 aromatic rings. The van der Waals surface area contributed by atoms with E-state index in [1.165, 1.54) is 19.6 Å². The Labute approximate surface area is 91.7 Å². The van der Waals surface area contributed by atoms with E-state index in [1.54, 1.807) is 5.09 Å². The van der Waals surface area contributed by atoms with E-state index in [-0.39, 0.29) is 6.42 Å². The predicted octanol–water partition coefficient (Wildman–Crippen LogP) is -1.25. The highest BCUT2D eigenvalue weighted by Gasteiger charge is 2.24. The van der Waals surface area contributed by atoms with Crippen LogP contribution in [0.25, 0.3) is 0 Å². The largest absolute Gasteiger partial charge is 0.429 e. The molecule has 0 spiro atoms. The first-order chi connectivity index (χ1) is 7.42. The number of carbonyl (C=O) groups is 1. The van der Waals surface area contributed by atoms with Crippen molar-refractivity contribution in [1.82, 2.24) is 20.4 Å². The molecule has 1 amide bonds. The maximum absolute atomic E-state index is 11.4. The van der Waals surface area contributed by atoms with Crippen molar-refractivity contribution in [3.63, 3.8) is 0 Å². The number of nitrogens with one attached hydrogen (secondary N) is 3. The highest BCUT2D eigenvalue weighted by atomic mass is 31.2. The molecule has 5 N–H and O–H groups in total. The zero-order valence-corrected chi connectivity index (χ0v) is 9.44. The van der Waals surface area contributed by atoms with E-state index in [4.69, 9.17) is 9.79 Å². The maximum atomic E-state index is 11.4. The van der Waals surface area contributed by atoms with Gasteiger partial charge in [0.25, 0.3) is 0 Å². The topological polar surface area (TPSA) is 127 Å². The summed E-state index contributed by atoms with van der Waals surface area (Å²) in [5.74, 6) is -0.759. The lowest BCUT2D eigenvalue weighted by Crippen LogP contribution is -2.42. The van der Waals surface area contributed by atoms with Gasteiger partial charge in [-0.25, -0.2) is 9.55 Å². The van der Waals surface area contributed by atoms with Crippen LogP contribution in [0, 0.1) is 0 Å². The fourth-order valence-corrected chi connectivity index (χ4v) is 1.61. The number of hydrogen-bond acceptors (Lipinski definition) is 4. The molecule has 16 heavy (non-hydrogen) atoms. The lowest BCUT2D eigenvalue weighted by Gasteiger charge is -2.15. The van der Waals surface area contributed by atoms with Gasteiger partial charge >= 0.3 is 7.75 Å². The maximum Gasteiger partial charge on any atom is 0.429 e. The molecule has 1 aromatic heterocycles. The van der Waals surface area contributed by atoms with Crippen LogP contribution in [0.15, 0.2) is 12.5 Å². The molecular formula is C7H13N4O4P. The number of rotatable bonds is 5. The molecule has 0 aromatic carbocycles. The molecule has 1 rings (SSSR count). The van der Waals surface area contributed by atoms with E-state index in [2.05, 4.69) is 15.3 Å². The molecule has 0 aliphatic carbocycles. The van der Waals surface area contributed by atoms with Crippen molar-refractivity contribution in [2.24, 2.45) is 0 Å². The minimum absolute atomic E-state index is 0.266. The second kappa shape index (κ2) is 5.22. The molecule has 0 saturated carbocycles. The van der Waals surface area contributed by atoms with Gasteiger partial charge in [0.05, 0.1) is 12.4 Å². The molecule has 0 bridgehead atoms. The van der Waals surface area contributed by atoms with E-state index in [0.29, 0.717) is 5.69 Å². The van der Waals surface area contributed by atoms with Gasteiger partial charge in [-0.1, -0.05) is 0 Å². The van der Waals surface area contributed by atoms with Crippen molar-refractivity contribution in [1.29, 1.82) is 0 Å². The SMILES string of the molecule is CNC(Cc1cnc[nH]1)C(=O)NP(=O)(O)O. The molecule has 1 heterocycles. The molecule has 0 radical (unpaired) electrons. The first-order valence-electron chi connectivity index (χ1n) is 4.44. The first-order valence-corrected chi connectivity index (χ1v) is 6.06. The molecule has 9 heteroatoms. The lowest BCUT2D eigenvalue weighted by atomic mass is 10.1. The Hall–Kier alpha value is -1.21. The Bertz CT molecular complexity index is 387. The second-order valence-electron chi connectivity index (χ2n) is 3.14. The van der Waals surface area contributed by atoms with Gasteiger partial charge in [0.1, 0.15) is 0 Å². The van der Waals surface area contributed by atoms with Gasteiger partial charge in [0.15, 0.2) is 0 Å². The average molecular weight is 248 g/mol. The molecule has 0 fully saturated rings. The summed E-state index contributed by atoms with van der Waals surface area (Å²) in [4.78, 5) is 35.2. The Kier molecular flexibility index (Phi) is 4.19. The highest BCUT2D eigenvalue weighted by molar-refractivity contribution is 7.50. The molecule has 0 saturated heterocycles. The smallest absolute Gasteiger partial charge is 0.348 e. The van der Waals surface area contributed by atoms with Crippen LogP contribution in [0.3, 0.4) is 0 Å². The van der Waals surface area contributed by atoms with E-state index in [0.717, 1.165) is 0 Å². The van der Waals surface area contributed by atoms with Crippen molar-refractivity contribution in [2.45, 2.75) is 12.5 Å². The summed E-state index contributed by atoms with van der Waals surface area (Å²) in [5.41, 5.74) is 0.695. The molecule has 1 unspecified atom stereocenters. The van der Waals surface area contributed by atoms with E-state index in [9.17, 15) is 9.36 Å². The number of amides is 1. The highest BCUT2D eigenvalue weighted by Crippen LogP contribution is 2.28. The van der Waals surface area contributed by atoms with Gasteiger partial charge in [0, 0.05) is 18.3 Å². The molecule has 1 atom stereocenters. The minimum Gasteiger partial charge on any atom is -0.348 e. The van der Waals surface area contributed by atoms with Gasteiger partial charge in [-0.15, -0.1) is 0 Å². The fourth-order valence-electron chi connectivity index (χ4n) is 1.16. The summed E-state index contributed by atoms with van der Waals surface area (Å²) in [6.07, 6.45) is 3.26. The van der Waals surface area contributed by atoms with Crippen LogP contribution < -0.4 is 10.4 Å². The lowest BCUT2D eigenvalue weighted by molar-refractivity contribution is -0.121. The van der Waals surface area contributed by atoms with Crippen molar-refractivity contribution in [3.8, 4) is 0 Å². The monoisotopic (exact) mass is 248 g/mol. The summed E-state index contributed by atoms with van der Waals surface area (Å²) in [6.45, 7) is 0. The third-order valence-electron chi connectivity index (χ3n) is 1.90. The third-order valence-corrected chi connectivity index (χ3v) is 2.41. The average Bonchev–Trinajstić information content (AvgIpc) is 2.63. The summed E-state index contributed by atoms with van der Waals surface area (Å²) in [7, 11) is -3.02. The van der Waals surface area contributed by atoms with Gasteiger partial charge in [0.2, 0.25) is 5.91 Å². The van der Waals surface area contributed by atoms with Crippen LogP contribution in [-0.4, -0.2) is 38.8 Å². The Morgan fingerprint density at radius 1 is 1.69 bits per heavy atom. The number of imidazole rings is 1. The quantitative estimate of drug-likeness (QED) is 0.414. The predicted molar refractivity (Wildman–Crippen MR) is 55.3 cm³/mol.